The van der Waals surface area contributed by atoms with Gasteiger partial charge in [0, 0.05) is 29.2 Å². The molecule has 4 nitrogen and oxygen atoms in total. The Morgan fingerprint density at radius 1 is 0.880 bits per heavy atom. The molecule has 0 fully saturated rings. The zero-order valence-electron chi connectivity index (χ0n) is 14.0. The molecule has 1 heterocycles. The van der Waals surface area contributed by atoms with Crippen molar-refractivity contribution in [3.05, 3.63) is 84.7 Å². The summed E-state index contributed by atoms with van der Waals surface area (Å²) in [4.78, 5) is 1.11. The fourth-order valence-corrected chi connectivity index (χ4v) is 2.89. The number of para-hydroxylation sites is 1. The average Bonchev–Trinajstić information content (AvgIpc) is 2.63. The van der Waals surface area contributed by atoms with Crippen LogP contribution in [0.4, 0.5) is 0 Å². The third-order valence-electron chi connectivity index (χ3n) is 3.40. The van der Waals surface area contributed by atoms with Crippen molar-refractivity contribution < 1.29 is 17.5 Å². The summed E-state index contributed by atoms with van der Waals surface area (Å²) in [5, 5.41) is 0. The summed E-state index contributed by atoms with van der Waals surface area (Å²) < 4.78 is 33.3. The number of nitrogens with zero attached hydrogens (tertiary/aromatic N) is 1. The Morgan fingerprint density at radius 3 is 1.92 bits per heavy atom. The van der Waals surface area contributed by atoms with Crippen molar-refractivity contribution in [2.24, 2.45) is 0 Å². The van der Waals surface area contributed by atoms with Crippen LogP contribution in [-0.2, 0) is 10.1 Å². The summed E-state index contributed by atoms with van der Waals surface area (Å²) in [6.45, 7) is 1.82. The Balaban J connectivity index is 0.000000186. The highest BCUT2D eigenvalue weighted by Crippen LogP contribution is 2.11. The topological polar surface area (TPSA) is 61.1 Å². The van der Waals surface area contributed by atoms with Gasteiger partial charge in [-0.2, -0.15) is 4.57 Å². The van der Waals surface area contributed by atoms with E-state index in [1.807, 2.05) is 25.1 Å². The van der Waals surface area contributed by atoms with Gasteiger partial charge in [-0.05, 0) is 25.3 Å². The molecule has 1 aromatic heterocycles. The SMILES string of the molecule is CSc1cc[n+](-c2ccccc2)cc1.Cc1ccc(S(=O)(=O)[O-])cc1. The summed E-state index contributed by atoms with van der Waals surface area (Å²) in [6.07, 6.45) is 6.25. The first-order valence-electron chi connectivity index (χ1n) is 7.53. The number of thioether (sulfide) groups is 1. The minimum absolute atomic E-state index is 0.178. The Bertz CT molecular complexity index is 892. The van der Waals surface area contributed by atoms with Gasteiger partial charge in [0.1, 0.15) is 10.1 Å². The van der Waals surface area contributed by atoms with Crippen LogP contribution >= 0.6 is 11.8 Å². The first-order valence-corrected chi connectivity index (χ1v) is 10.2. The van der Waals surface area contributed by atoms with Crippen molar-refractivity contribution in [1.29, 1.82) is 0 Å². The number of aromatic nitrogens is 1. The lowest BCUT2D eigenvalue weighted by atomic mass is 10.2. The number of hydrogen-bond acceptors (Lipinski definition) is 4. The van der Waals surface area contributed by atoms with E-state index >= 15 is 0 Å². The maximum absolute atomic E-state index is 10.4. The lowest BCUT2D eigenvalue weighted by Gasteiger charge is -2.05. The lowest BCUT2D eigenvalue weighted by molar-refractivity contribution is -0.596. The third kappa shape index (κ3) is 6.01. The molecule has 0 saturated heterocycles. The molecule has 3 aromatic rings. The summed E-state index contributed by atoms with van der Waals surface area (Å²) in [7, 11) is -4.27. The van der Waals surface area contributed by atoms with E-state index in [0.717, 1.165) is 5.56 Å². The zero-order valence-corrected chi connectivity index (χ0v) is 15.6. The first kappa shape index (κ1) is 19.2. The van der Waals surface area contributed by atoms with Crippen LogP contribution in [0, 0.1) is 6.92 Å². The number of rotatable bonds is 3. The second-order valence-corrected chi connectivity index (χ2v) is 7.51. The maximum atomic E-state index is 10.4. The van der Waals surface area contributed by atoms with E-state index in [0.29, 0.717) is 0 Å². The molecule has 0 unspecified atom stereocenters. The Kier molecular flexibility index (Phi) is 6.75. The molecule has 3 rings (SSSR count). The molecule has 130 valence electrons. The highest BCUT2D eigenvalue weighted by atomic mass is 32.2. The largest absolute Gasteiger partial charge is 0.744 e. The predicted octanol–water partition coefficient (Wildman–Crippen LogP) is 3.58. The van der Waals surface area contributed by atoms with Gasteiger partial charge in [-0.15, -0.1) is 11.8 Å². The molecule has 6 heteroatoms. The molecule has 0 bridgehead atoms. The molecule has 2 aromatic carbocycles. The maximum Gasteiger partial charge on any atom is 0.210 e. The molecule has 0 aliphatic heterocycles. The third-order valence-corrected chi connectivity index (χ3v) is 4.99. The van der Waals surface area contributed by atoms with Crippen molar-refractivity contribution in [2.45, 2.75) is 16.7 Å². The summed E-state index contributed by atoms with van der Waals surface area (Å²) in [5.74, 6) is 0. The second-order valence-electron chi connectivity index (χ2n) is 5.25. The molecule has 0 aliphatic rings. The van der Waals surface area contributed by atoms with Crippen LogP contribution in [0.3, 0.4) is 0 Å². The minimum atomic E-state index is -4.27. The van der Waals surface area contributed by atoms with Crippen LogP contribution in [0.25, 0.3) is 5.69 Å². The van der Waals surface area contributed by atoms with Crippen molar-refractivity contribution in [3.8, 4) is 5.69 Å². The first-order chi connectivity index (χ1) is 11.9. The van der Waals surface area contributed by atoms with Gasteiger partial charge in [-0.1, -0.05) is 35.9 Å². The molecule has 0 amide bonds. The van der Waals surface area contributed by atoms with E-state index in [4.69, 9.17) is 0 Å². The van der Waals surface area contributed by atoms with Crippen LogP contribution in [0.2, 0.25) is 0 Å². The molecular formula is C19H19NO3S2. The smallest absolute Gasteiger partial charge is 0.210 e. The number of benzene rings is 2. The van der Waals surface area contributed by atoms with E-state index in [-0.39, 0.29) is 4.90 Å². The molecule has 25 heavy (non-hydrogen) atoms. The second kappa shape index (κ2) is 8.80. The standard InChI is InChI=1S/C12H12NS.C7H8O3S/c1-14-12-7-9-13(10-8-12)11-5-3-2-4-6-11;1-6-2-4-7(5-3-6)11(8,9)10/h2-10H,1H3;2-5H,1H3,(H,8,9,10)/q+1;/p-1. The van der Waals surface area contributed by atoms with E-state index in [2.05, 4.69) is 47.5 Å². The number of aryl methyl sites for hydroxylation is 1. The molecule has 0 saturated carbocycles. The number of pyridine rings is 1. The van der Waals surface area contributed by atoms with Crippen LogP contribution < -0.4 is 4.57 Å². The Morgan fingerprint density at radius 2 is 1.44 bits per heavy atom. The molecule has 0 atom stereocenters. The van der Waals surface area contributed by atoms with Gasteiger partial charge in [-0.3, -0.25) is 0 Å². The minimum Gasteiger partial charge on any atom is -0.744 e. The average molecular weight is 373 g/mol. The van der Waals surface area contributed by atoms with Crippen LogP contribution in [0.5, 0.6) is 0 Å². The Hall–Kier alpha value is -2.15. The fraction of sp³-hybridized carbons (Fsp3) is 0.105. The molecular weight excluding hydrogens is 354 g/mol. The van der Waals surface area contributed by atoms with Gasteiger partial charge in [0.05, 0.1) is 4.90 Å². The van der Waals surface area contributed by atoms with Gasteiger partial charge in [-0.25, -0.2) is 8.42 Å². The number of hydrogen-bond donors (Lipinski definition) is 0. The lowest BCUT2D eigenvalue weighted by Crippen LogP contribution is -2.28. The van der Waals surface area contributed by atoms with Crippen molar-refractivity contribution >= 4 is 21.9 Å². The van der Waals surface area contributed by atoms with Crippen LogP contribution in [0.15, 0.2) is 88.9 Å². The van der Waals surface area contributed by atoms with E-state index in [9.17, 15) is 13.0 Å². The van der Waals surface area contributed by atoms with Crippen molar-refractivity contribution in [1.82, 2.24) is 0 Å². The van der Waals surface area contributed by atoms with E-state index in [1.54, 1.807) is 23.9 Å². The van der Waals surface area contributed by atoms with Gasteiger partial charge in [0.2, 0.25) is 5.69 Å². The van der Waals surface area contributed by atoms with Gasteiger partial charge in [0.25, 0.3) is 0 Å². The zero-order chi connectivity index (χ0) is 18.3. The molecule has 0 spiro atoms. The van der Waals surface area contributed by atoms with Gasteiger partial charge in [0.15, 0.2) is 12.4 Å². The molecule has 0 N–H and O–H groups in total. The highest BCUT2D eigenvalue weighted by Gasteiger charge is 2.02. The summed E-state index contributed by atoms with van der Waals surface area (Å²) in [5.41, 5.74) is 2.12. The molecule has 0 aliphatic carbocycles. The fourth-order valence-electron chi connectivity index (χ4n) is 2.03. The normalized spacial score (nSPS) is 10.7. The van der Waals surface area contributed by atoms with Crippen molar-refractivity contribution in [2.75, 3.05) is 6.26 Å². The van der Waals surface area contributed by atoms with Crippen LogP contribution in [-0.4, -0.2) is 19.2 Å². The van der Waals surface area contributed by atoms with Crippen LogP contribution in [0.1, 0.15) is 5.56 Å². The van der Waals surface area contributed by atoms with Gasteiger partial charge < -0.3 is 4.55 Å². The molecule has 0 radical (unpaired) electrons. The van der Waals surface area contributed by atoms with E-state index < -0.39 is 10.1 Å². The Labute approximate surface area is 152 Å². The van der Waals surface area contributed by atoms with Gasteiger partial charge >= 0.3 is 0 Å². The summed E-state index contributed by atoms with van der Waals surface area (Å²) in [6, 6.07) is 20.3. The monoisotopic (exact) mass is 373 g/mol. The highest BCUT2D eigenvalue weighted by molar-refractivity contribution is 7.98. The summed E-state index contributed by atoms with van der Waals surface area (Å²) >= 11 is 1.76. The predicted molar refractivity (Wildman–Crippen MR) is 98.9 cm³/mol. The van der Waals surface area contributed by atoms with E-state index in [1.165, 1.54) is 22.7 Å². The van der Waals surface area contributed by atoms with Crippen molar-refractivity contribution in [3.63, 3.8) is 0 Å². The quantitative estimate of drug-likeness (QED) is 0.400.